The zero-order chi connectivity index (χ0) is 15.9. The van der Waals surface area contributed by atoms with E-state index in [2.05, 4.69) is 4.98 Å². The van der Waals surface area contributed by atoms with Gasteiger partial charge in [0.2, 0.25) is 0 Å². The molecule has 1 aliphatic heterocycles. The van der Waals surface area contributed by atoms with Crippen LogP contribution in [0.2, 0.25) is 0 Å². The summed E-state index contributed by atoms with van der Waals surface area (Å²) in [7, 11) is 1.64. The van der Waals surface area contributed by atoms with Crippen LogP contribution in [0, 0.1) is 0 Å². The lowest BCUT2D eigenvalue weighted by Gasteiger charge is -2.35. The fourth-order valence-electron chi connectivity index (χ4n) is 2.96. The van der Waals surface area contributed by atoms with Crippen LogP contribution >= 0.6 is 0 Å². The number of fused-ring (bicyclic) bond motifs is 1. The summed E-state index contributed by atoms with van der Waals surface area (Å²) in [5.41, 5.74) is 0.445. The van der Waals surface area contributed by atoms with Gasteiger partial charge in [-0.1, -0.05) is 0 Å². The number of carbonyl (C=O) groups is 1. The van der Waals surface area contributed by atoms with Gasteiger partial charge in [-0.05, 0) is 32.0 Å². The highest BCUT2D eigenvalue weighted by Crippen LogP contribution is 2.15. The Labute approximate surface area is 128 Å². The summed E-state index contributed by atoms with van der Waals surface area (Å²) in [6.45, 7) is 4.85. The van der Waals surface area contributed by atoms with E-state index in [0.29, 0.717) is 18.7 Å². The normalized spacial score (nSPS) is 22.0. The van der Waals surface area contributed by atoms with E-state index in [1.165, 1.54) is 4.57 Å². The number of amides is 1. The minimum absolute atomic E-state index is 0.0290. The number of pyridine rings is 2. The molecule has 6 heteroatoms. The molecule has 22 heavy (non-hydrogen) atoms. The van der Waals surface area contributed by atoms with Gasteiger partial charge in [0.05, 0.1) is 12.2 Å². The molecule has 1 saturated heterocycles. The first-order chi connectivity index (χ1) is 10.5. The smallest absolute Gasteiger partial charge is 0.264 e. The van der Waals surface area contributed by atoms with Gasteiger partial charge in [-0.15, -0.1) is 0 Å². The summed E-state index contributed by atoms with van der Waals surface area (Å²) in [6, 6.07) is 5.28. The highest BCUT2D eigenvalue weighted by molar-refractivity contribution is 5.97. The summed E-state index contributed by atoms with van der Waals surface area (Å²) in [5.74, 6) is -0.242. The van der Waals surface area contributed by atoms with Crippen LogP contribution in [0.4, 0.5) is 0 Å². The molecule has 2 aromatic rings. The topological polar surface area (TPSA) is 64.4 Å². The van der Waals surface area contributed by atoms with Crippen molar-refractivity contribution < 1.29 is 9.53 Å². The Hall–Kier alpha value is -2.21. The van der Waals surface area contributed by atoms with Crippen LogP contribution in [0.25, 0.3) is 11.0 Å². The van der Waals surface area contributed by atoms with Crippen molar-refractivity contribution in [2.45, 2.75) is 26.1 Å². The van der Waals surface area contributed by atoms with Crippen LogP contribution in [0.1, 0.15) is 24.2 Å². The lowest BCUT2D eigenvalue weighted by atomic mass is 10.1. The number of aryl methyl sites for hydroxylation is 1. The molecule has 3 heterocycles. The van der Waals surface area contributed by atoms with E-state index in [4.69, 9.17) is 4.74 Å². The van der Waals surface area contributed by atoms with Gasteiger partial charge < -0.3 is 9.64 Å². The summed E-state index contributed by atoms with van der Waals surface area (Å²) < 4.78 is 7.07. The number of morpholine rings is 1. The highest BCUT2D eigenvalue weighted by atomic mass is 16.5. The first-order valence-electron chi connectivity index (χ1n) is 7.37. The van der Waals surface area contributed by atoms with Crippen molar-refractivity contribution in [3.05, 3.63) is 40.3 Å². The highest BCUT2D eigenvalue weighted by Gasteiger charge is 2.28. The molecule has 1 aliphatic rings. The maximum atomic E-state index is 12.7. The van der Waals surface area contributed by atoms with Crippen molar-refractivity contribution >= 4 is 16.9 Å². The van der Waals surface area contributed by atoms with Crippen molar-refractivity contribution in [1.82, 2.24) is 14.5 Å². The molecule has 0 aliphatic carbocycles. The van der Waals surface area contributed by atoms with E-state index in [1.54, 1.807) is 30.3 Å². The molecule has 0 saturated carbocycles. The SMILES string of the molecule is CC1CN(C(=O)c2cc3cccnc3n(C)c2=O)CC(C)O1. The second kappa shape index (κ2) is 5.53. The van der Waals surface area contributed by atoms with Gasteiger partial charge in [-0.25, -0.2) is 4.98 Å². The third-order valence-corrected chi connectivity index (χ3v) is 3.91. The zero-order valence-corrected chi connectivity index (χ0v) is 12.9. The van der Waals surface area contributed by atoms with E-state index in [-0.39, 0.29) is 29.2 Å². The standard InChI is InChI=1S/C16H19N3O3/c1-10-8-19(9-11(2)22-10)16(21)13-7-12-5-4-6-17-14(12)18(3)15(13)20/h4-7,10-11H,8-9H2,1-3H3. The Bertz CT molecular complexity index is 774. The van der Waals surface area contributed by atoms with Crippen LogP contribution in [0.5, 0.6) is 0 Å². The van der Waals surface area contributed by atoms with Gasteiger partial charge in [0, 0.05) is 31.7 Å². The Morgan fingerprint density at radius 2 is 2.00 bits per heavy atom. The minimum atomic E-state index is -0.317. The van der Waals surface area contributed by atoms with Crippen molar-refractivity contribution in [1.29, 1.82) is 0 Å². The zero-order valence-electron chi connectivity index (χ0n) is 12.9. The maximum Gasteiger partial charge on any atom is 0.264 e. The average Bonchev–Trinajstić information content (AvgIpc) is 2.49. The van der Waals surface area contributed by atoms with Crippen molar-refractivity contribution in [3.63, 3.8) is 0 Å². The number of rotatable bonds is 1. The number of nitrogens with zero attached hydrogens (tertiary/aromatic N) is 3. The molecule has 2 atom stereocenters. The number of aromatic nitrogens is 2. The summed E-state index contributed by atoms with van der Waals surface area (Å²) >= 11 is 0. The molecule has 6 nitrogen and oxygen atoms in total. The Morgan fingerprint density at radius 1 is 1.32 bits per heavy atom. The molecule has 2 unspecified atom stereocenters. The molecule has 116 valence electrons. The van der Waals surface area contributed by atoms with Gasteiger partial charge in [0.25, 0.3) is 11.5 Å². The third-order valence-electron chi connectivity index (χ3n) is 3.91. The molecule has 1 fully saturated rings. The number of carbonyl (C=O) groups excluding carboxylic acids is 1. The van der Waals surface area contributed by atoms with E-state index < -0.39 is 0 Å². The number of hydrogen-bond donors (Lipinski definition) is 0. The maximum absolute atomic E-state index is 12.7. The second-order valence-electron chi connectivity index (χ2n) is 5.81. The van der Waals surface area contributed by atoms with Gasteiger partial charge in [-0.3, -0.25) is 14.2 Å². The van der Waals surface area contributed by atoms with E-state index >= 15 is 0 Å². The van der Waals surface area contributed by atoms with Crippen molar-refractivity contribution in [2.24, 2.45) is 7.05 Å². The molecule has 0 aromatic carbocycles. The predicted octanol–water partition coefficient (Wildman–Crippen LogP) is 1.18. The number of hydrogen-bond acceptors (Lipinski definition) is 4. The predicted molar refractivity (Wildman–Crippen MR) is 82.9 cm³/mol. The van der Waals surface area contributed by atoms with E-state index in [0.717, 1.165) is 5.39 Å². The molecule has 0 N–H and O–H groups in total. The lowest BCUT2D eigenvalue weighted by Crippen LogP contribution is -2.49. The Morgan fingerprint density at radius 3 is 2.68 bits per heavy atom. The molecule has 0 bridgehead atoms. The summed E-state index contributed by atoms with van der Waals surface area (Å²) in [6.07, 6.45) is 1.58. The molecular formula is C16H19N3O3. The molecule has 0 spiro atoms. The van der Waals surface area contributed by atoms with E-state index in [9.17, 15) is 9.59 Å². The first-order valence-corrected chi connectivity index (χ1v) is 7.37. The monoisotopic (exact) mass is 301 g/mol. The largest absolute Gasteiger partial charge is 0.372 e. The lowest BCUT2D eigenvalue weighted by molar-refractivity contribution is -0.0586. The molecular weight excluding hydrogens is 282 g/mol. The molecule has 0 radical (unpaired) electrons. The van der Waals surface area contributed by atoms with Gasteiger partial charge >= 0.3 is 0 Å². The second-order valence-corrected chi connectivity index (χ2v) is 5.81. The Balaban J connectivity index is 2.04. The van der Waals surface area contributed by atoms with Crippen LogP contribution in [-0.2, 0) is 11.8 Å². The quantitative estimate of drug-likeness (QED) is 0.793. The van der Waals surface area contributed by atoms with Crippen LogP contribution < -0.4 is 5.56 Å². The van der Waals surface area contributed by atoms with Crippen LogP contribution in [-0.4, -0.2) is 45.7 Å². The minimum Gasteiger partial charge on any atom is -0.372 e. The number of ether oxygens (including phenoxy) is 1. The molecule has 3 rings (SSSR count). The van der Waals surface area contributed by atoms with Crippen molar-refractivity contribution in [2.75, 3.05) is 13.1 Å². The van der Waals surface area contributed by atoms with Gasteiger partial charge in [0.1, 0.15) is 11.2 Å². The first kappa shape index (κ1) is 14.7. The third kappa shape index (κ3) is 2.50. The summed E-state index contributed by atoms with van der Waals surface area (Å²) in [5, 5.41) is 0.780. The van der Waals surface area contributed by atoms with Crippen LogP contribution in [0.15, 0.2) is 29.2 Å². The molecule has 2 aromatic heterocycles. The van der Waals surface area contributed by atoms with Gasteiger partial charge in [0.15, 0.2) is 0 Å². The van der Waals surface area contributed by atoms with Crippen molar-refractivity contribution in [3.8, 4) is 0 Å². The fraction of sp³-hybridized carbons (Fsp3) is 0.438. The molecule has 1 amide bonds. The fourth-order valence-corrected chi connectivity index (χ4v) is 2.96. The van der Waals surface area contributed by atoms with Gasteiger partial charge in [-0.2, -0.15) is 0 Å². The average molecular weight is 301 g/mol. The Kier molecular flexibility index (Phi) is 3.70. The van der Waals surface area contributed by atoms with Crippen LogP contribution in [0.3, 0.4) is 0 Å². The summed E-state index contributed by atoms with van der Waals surface area (Å²) in [4.78, 5) is 31.1. The van der Waals surface area contributed by atoms with E-state index in [1.807, 2.05) is 19.9 Å².